The summed E-state index contributed by atoms with van der Waals surface area (Å²) in [7, 11) is 0. The van der Waals surface area contributed by atoms with Gasteiger partial charge in [-0.05, 0) is 18.6 Å². The summed E-state index contributed by atoms with van der Waals surface area (Å²) in [5.41, 5.74) is 0. The molecule has 4 heteroatoms. The molecule has 0 fully saturated rings. The van der Waals surface area contributed by atoms with Crippen LogP contribution in [0, 0.1) is 0 Å². The van der Waals surface area contributed by atoms with Crippen molar-refractivity contribution in [1.82, 2.24) is 0 Å². The van der Waals surface area contributed by atoms with Crippen LogP contribution in [0.5, 0.6) is 0 Å². The first-order valence-electron chi connectivity index (χ1n) is 5.52. The summed E-state index contributed by atoms with van der Waals surface area (Å²) in [5.74, 6) is 0.550. The van der Waals surface area contributed by atoms with Crippen LogP contribution in [0.3, 0.4) is 0 Å². The number of hydrogen-bond acceptors (Lipinski definition) is 4. The molecule has 0 amide bonds. The lowest BCUT2D eigenvalue weighted by Gasteiger charge is -2.20. The summed E-state index contributed by atoms with van der Waals surface area (Å²) in [6.07, 6.45) is 2.13. The Bertz CT molecular complexity index is 414. The molecule has 1 heterocycles. The first-order chi connectivity index (χ1) is 8.24. The van der Waals surface area contributed by atoms with Gasteiger partial charge < -0.3 is 9.84 Å². The van der Waals surface area contributed by atoms with Gasteiger partial charge in [-0.2, -0.15) is 0 Å². The molecule has 1 atom stereocenters. The van der Waals surface area contributed by atoms with E-state index >= 15 is 0 Å². The predicted octanol–water partition coefficient (Wildman–Crippen LogP) is 2.93. The van der Waals surface area contributed by atoms with E-state index in [2.05, 4.69) is 12.1 Å². The van der Waals surface area contributed by atoms with Crippen LogP contribution in [0.25, 0.3) is 0 Å². The number of rotatable bonds is 4. The Balaban J connectivity index is 1.76. The van der Waals surface area contributed by atoms with Gasteiger partial charge in [0.1, 0.15) is 11.9 Å². The summed E-state index contributed by atoms with van der Waals surface area (Å²) < 4.78 is 5.11. The van der Waals surface area contributed by atoms with Crippen molar-refractivity contribution in [1.29, 1.82) is 0 Å². The number of aliphatic hydroxyl groups excluding tert-OH is 1. The quantitative estimate of drug-likeness (QED) is 0.659. The third kappa shape index (κ3) is 3.82. The fourth-order valence-corrected chi connectivity index (χ4v) is 2.62. The van der Waals surface area contributed by atoms with Crippen LogP contribution in [0.2, 0.25) is 0 Å². The number of ether oxygens (including phenoxy) is 1. The Labute approximate surface area is 104 Å². The molecule has 0 saturated heterocycles. The van der Waals surface area contributed by atoms with Crippen molar-refractivity contribution < 1.29 is 14.6 Å². The van der Waals surface area contributed by atoms with Gasteiger partial charge in [0.15, 0.2) is 0 Å². The molecular weight excluding hydrogens is 236 g/mol. The first kappa shape index (κ1) is 12.0. The largest absolute Gasteiger partial charge is 0.512 e. The molecule has 2 rings (SSSR count). The molecule has 1 unspecified atom stereocenters. The molecule has 1 aliphatic heterocycles. The minimum atomic E-state index is -0.441. The van der Waals surface area contributed by atoms with E-state index in [1.807, 2.05) is 18.2 Å². The zero-order chi connectivity index (χ0) is 12.1. The number of thioether (sulfide) groups is 1. The van der Waals surface area contributed by atoms with Crippen LogP contribution >= 0.6 is 11.8 Å². The molecule has 1 aromatic carbocycles. The van der Waals surface area contributed by atoms with E-state index in [-0.39, 0.29) is 11.9 Å². The van der Waals surface area contributed by atoms with Crippen molar-refractivity contribution in [3.63, 3.8) is 0 Å². The molecule has 0 bridgehead atoms. The highest BCUT2D eigenvalue weighted by molar-refractivity contribution is 7.99. The SMILES string of the molecule is O=C1C=C(O)CC(CCSc2ccccc2)O1. The number of cyclic esters (lactones) is 1. The molecule has 1 N–H and O–H groups in total. The fourth-order valence-electron chi connectivity index (χ4n) is 1.65. The van der Waals surface area contributed by atoms with Gasteiger partial charge in [0.2, 0.25) is 0 Å². The van der Waals surface area contributed by atoms with E-state index in [9.17, 15) is 9.90 Å². The molecule has 0 radical (unpaired) electrons. The second-order valence-corrected chi connectivity index (χ2v) is 5.02. The summed E-state index contributed by atoms with van der Waals surface area (Å²) in [5, 5.41) is 9.32. The number of benzene rings is 1. The monoisotopic (exact) mass is 250 g/mol. The lowest BCUT2D eigenvalue weighted by Crippen LogP contribution is -2.23. The minimum absolute atomic E-state index is 0.121. The number of carbonyl (C=O) groups is 1. The van der Waals surface area contributed by atoms with Crippen LogP contribution in [0.1, 0.15) is 12.8 Å². The van der Waals surface area contributed by atoms with Gasteiger partial charge in [-0.15, -0.1) is 11.8 Å². The molecule has 0 aliphatic carbocycles. The van der Waals surface area contributed by atoms with Crippen LogP contribution < -0.4 is 0 Å². The summed E-state index contributed by atoms with van der Waals surface area (Å²) in [6.45, 7) is 0. The van der Waals surface area contributed by atoms with Gasteiger partial charge >= 0.3 is 5.97 Å². The average Bonchev–Trinajstić information content (AvgIpc) is 2.29. The molecular formula is C13H14O3S. The van der Waals surface area contributed by atoms with Gasteiger partial charge in [0.25, 0.3) is 0 Å². The highest BCUT2D eigenvalue weighted by Crippen LogP contribution is 2.22. The molecule has 0 saturated carbocycles. The molecule has 3 nitrogen and oxygen atoms in total. The zero-order valence-corrected chi connectivity index (χ0v) is 10.2. The number of carbonyl (C=O) groups excluding carboxylic acids is 1. The van der Waals surface area contributed by atoms with Gasteiger partial charge in [-0.25, -0.2) is 4.79 Å². The maximum absolute atomic E-state index is 11.1. The zero-order valence-electron chi connectivity index (χ0n) is 9.33. The van der Waals surface area contributed by atoms with Gasteiger partial charge in [0.05, 0.1) is 6.08 Å². The van der Waals surface area contributed by atoms with Gasteiger partial charge in [-0.3, -0.25) is 0 Å². The summed E-state index contributed by atoms with van der Waals surface area (Å²) in [6, 6.07) is 10.1. The maximum atomic E-state index is 11.1. The molecule has 1 aromatic rings. The van der Waals surface area contributed by atoms with E-state index in [0.29, 0.717) is 6.42 Å². The molecule has 90 valence electrons. The molecule has 1 aliphatic rings. The molecule has 0 spiro atoms. The maximum Gasteiger partial charge on any atom is 0.334 e. The van der Waals surface area contributed by atoms with Crippen molar-refractivity contribution in [2.24, 2.45) is 0 Å². The first-order valence-corrected chi connectivity index (χ1v) is 6.50. The smallest absolute Gasteiger partial charge is 0.334 e. The Morgan fingerprint density at radius 1 is 1.35 bits per heavy atom. The van der Waals surface area contributed by atoms with Crippen molar-refractivity contribution in [2.75, 3.05) is 5.75 Å². The van der Waals surface area contributed by atoms with Gasteiger partial charge in [-0.1, -0.05) is 18.2 Å². The van der Waals surface area contributed by atoms with E-state index < -0.39 is 5.97 Å². The Morgan fingerprint density at radius 2 is 2.12 bits per heavy atom. The second kappa shape index (κ2) is 5.77. The Hall–Kier alpha value is -1.42. The van der Waals surface area contributed by atoms with Crippen LogP contribution in [-0.2, 0) is 9.53 Å². The van der Waals surface area contributed by atoms with Crippen molar-refractivity contribution in [2.45, 2.75) is 23.8 Å². The van der Waals surface area contributed by atoms with E-state index in [4.69, 9.17) is 4.74 Å². The van der Waals surface area contributed by atoms with E-state index in [0.717, 1.165) is 18.2 Å². The predicted molar refractivity (Wildman–Crippen MR) is 67.0 cm³/mol. The molecule has 0 aromatic heterocycles. The third-order valence-electron chi connectivity index (χ3n) is 2.46. The summed E-state index contributed by atoms with van der Waals surface area (Å²) in [4.78, 5) is 12.3. The topological polar surface area (TPSA) is 46.5 Å². The lowest BCUT2D eigenvalue weighted by atomic mass is 10.1. The van der Waals surface area contributed by atoms with E-state index in [1.165, 1.54) is 4.90 Å². The minimum Gasteiger partial charge on any atom is -0.512 e. The lowest BCUT2D eigenvalue weighted by molar-refractivity contribution is -0.145. The highest BCUT2D eigenvalue weighted by atomic mass is 32.2. The van der Waals surface area contributed by atoms with E-state index in [1.54, 1.807) is 11.8 Å². The van der Waals surface area contributed by atoms with Crippen molar-refractivity contribution >= 4 is 17.7 Å². The summed E-state index contributed by atoms with van der Waals surface area (Å²) >= 11 is 1.72. The molecule has 17 heavy (non-hydrogen) atoms. The van der Waals surface area contributed by atoms with Crippen LogP contribution in [-0.4, -0.2) is 22.9 Å². The standard InChI is InChI=1S/C13H14O3S/c14-10-8-11(16-13(15)9-10)6-7-17-12-4-2-1-3-5-12/h1-5,9,11,14H,6-8H2. The Morgan fingerprint density at radius 3 is 2.82 bits per heavy atom. The van der Waals surface area contributed by atoms with Crippen LogP contribution in [0.15, 0.2) is 47.1 Å². The second-order valence-electron chi connectivity index (χ2n) is 3.85. The average molecular weight is 250 g/mol. The highest BCUT2D eigenvalue weighted by Gasteiger charge is 2.20. The van der Waals surface area contributed by atoms with Gasteiger partial charge in [0, 0.05) is 17.1 Å². The Kier molecular flexibility index (Phi) is 4.09. The normalized spacial score (nSPS) is 19.6. The fraction of sp³-hybridized carbons (Fsp3) is 0.308. The third-order valence-corrected chi connectivity index (χ3v) is 3.50. The van der Waals surface area contributed by atoms with Crippen LogP contribution in [0.4, 0.5) is 0 Å². The number of hydrogen-bond donors (Lipinski definition) is 1. The number of aliphatic hydroxyl groups is 1. The van der Waals surface area contributed by atoms with Crippen molar-refractivity contribution in [3.8, 4) is 0 Å². The number of esters is 1. The van der Waals surface area contributed by atoms with Crippen molar-refractivity contribution in [3.05, 3.63) is 42.2 Å².